The Morgan fingerprint density at radius 2 is 2.38 bits per heavy atom. The van der Waals surface area contributed by atoms with Gasteiger partial charge in [0.2, 0.25) is 0 Å². The van der Waals surface area contributed by atoms with E-state index in [0.29, 0.717) is 5.82 Å². The van der Waals surface area contributed by atoms with Crippen molar-refractivity contribution in [2.24, 2.45) is 5.84 Å². The molecule has 2 rings (SSSR count). The van der Waals surface area contributed by atoms with Crippen LogP contribution in [-0.2, 0) is 6.54 Å². The molecule has 84 valence electrons. The second-order valence-electron chi connectivity index (χ2n) is 3.36. The van der Waals surface area contributed by atoms with Crippen molar-refractivity contribution >= 4 is 23.0 Å². The number of aromatic nitrogens is 2. The number of hydrogen-bond donors (Lipinski definition) is 2. The number of nitrogen functional groups attached to an aromatic ring is 1. The van der Waals surface area contributed by atoms with Gasteiger partial charge in [0.1, 0.15) is 11.6 Å². The number of pyridine rings is 1. The maximum atomic E-state index is 5.31. The molecule has 5 nitrogen and oxygen atoms in total. The minimum atomic E-state index is 0.655. The Balaban J connectivity index is 2.11. The highest BCUT2D eigenvalue weighted by molar-refractivity contribution is 7.07. The molecule has 2 heterocycles. The van der Waals surface area contributed by atoms with Gasteiger partial charge in [0.15, 0.2) is 0 Å². The molecule has 0 saturated carbocycles. The number of hydrogen-bond acceptors (Lipinski definition) is 6. The van der Waals surface area contributed by atoms with Crippen LogP contribution in [0.5, 0.6) is 0 Å². The third kappa shape index (κ3) is 2.47. The van der Waals surface area contributed by atoms with E-state index in [1.807, 2.05) is 41.0 Å². The van der Waals surface area contributed by atoms with Gasteiger partial charge in [0, 0.05) is 12.4 Å². The van der Waals surface area contributed by atoms with Crippen molar-refractivity contribution in [1.82, 2.24) is 9.97 Å². The summed E-state index contributed by atoms with van der Waals surface area (Å²) in [4.78, 5) is 10.6. The molecule has 16 heavy (non-hydrogen) atoms. The van der Waals surface area contributed by atoms with Gasteiger partial charge in [-0.25, -0.2) is 15.8 Å². The molecule has 0 aliphatic heterocycles. The number of nitrogens with one attached hydrogen (secondary N) is 1. The molecule has 0 amide bonds. The van der Waals surface area contributed by atoms with E-state index in [9.17, 15) is 0 Å². The summed E-state index contributed by atoms with van der Waals surface area (Å²) in [6.07, 6.45) is 0. The zero-order chi connectivity index (χ0) is 11.4. The second kappa shape index (κ2) is 4.91. The molecule has 2 aromatic heterocycles. The molecule has 0 fully saturated rings. The summed E-state index contributed by atoms with van der Waals surface area (Å²) >= 11 is 1.59. The zero-order valence-electron chi connectivity index (χ0n) is 8.92. The van der Waals surface area contributed by atoms with Crippen LogP contribution in [0.1, 0.15) is 5.69 Å². The smallest absolute Gasteiger partial charge is 0.142 e. The fourth-order valence-corrected chi connectivity index (χ4v) is 1.91. The molecule has 0 spiro atoms. The normalized spacial score (nSPS) is 10.1. The molecular weight excluding hydrogens is 222 g/mol. The van der Waals surface area contributed by atoms with Crippen molar-refractivity contribution in [3.8, 4) is 0 Å². The molecule has 2 aromatic rings. The first kappa shape index (κ1) is 10.8. The molecule has 0 aliphatic rings. The van der Waals surface area contributed by atoms with Crippen molar-refractivity contribution in [2.45, 2.75) is 6.54 Å². The summed E-state index contributed by atoms with van der Waals surface area (Å²) in [6.45, 7) is 0.741. The number of nitrogens with two attached hydrogens (primary N) is 1. The molecule has 0 saturated heterocycles. The predicted molar refractivity (Wildman–Crippen MR) is 66.3 cm³/mol. The Bertz CT molecular complexity index is 442. The van der Waals surface area contributed by atoms with E-state index in [0.717, 1.165) is 18.1 Å². The number of nitrogens with zero attached hydrogens (tertiary/aromatic N) is 3. The maximum Gasteiger partial charge on any atom is 0.142 e. The Hall–Kier alpha value is -1.66. The molecule has 0 aliphatic carbocycles. The first-order chi connectivity index (χ1) is 7.79. The third-order valence-corrected chi connectivity index (χ3v) is 2.79. The summed E-state index contributed by atoms with van der Waals surface area (Å²) in [7, 11) is 1.97. The van der Waals surface area contributed by atoms with Crippen molar-refractivity contribution in [1.29, 1.82) is 0 Å². The minimum absolute atomic E-state index is 0.655. The standard InChI is InChI=1S/C10H13N5S/c1-15(5-8-6-16-7-12-8)10-4-2-3-9(13-10)14-11/h2-4,6-7H,5,11H2,1H3,(H,13,14). The fraction of sp³-hybridized carbons (Fsp3) is 0.200. The minimum Gasteiger partial charge on any atom is -0.354 e. The Morgan fingerprint density at radius 3 is 3.06 bits per heavy atom. The average Bonchev–Trinajstić information content (AvgIpc) is 2.82. The van der Waals surface area contributed by atoms with Crippen molar-refractivity contribution < 1.29 is 0 Å². The van der Waals surface area contributed by atoms with Crippen LogP contribution in [0, 0.1) is 0 Å². The van der Waals surface area contributed by atoms with Gasteiger partial charge in [0.05, 0.1) is 17.7 Å². The topological polar surface area (TPSA) is 67.1 Å². The van der Waals surface area contributed by atoms with Gasteiger partial charge >= 0.3 is 0 Å². The van der Waals surface area contributed by atoms with Gasteiger partial charge in [-0.3, -0.25) is 0 Å². The largest absolute Gasteiger partial charge is 0.354 e. The first-order valence-electron chi connectivity index (χ1n) is 4.81. The summed E-state index contributed by atoms with van der Waals surface area (Å²) in [5.74, 6) is 6.83. The lowest BCUT2D eigenvalue weighted by Crippen LogP contribution is -2.19. The van der Waals surface area contributed by atoms with Gasteiger partial charge in [-0.05, 0) is 12.1 Å². The van der Waals surface area contributed by atoms with Crippen LogP contribution in [-0.4, -0.2) is 17.0 Å². The highest BCUT2D eigenvalue weighted by Crippen LogP contribution is 2.14. The summed E-state index contributed by atoms with van der Waals surface area (Å²) in [6, 6.07) is 5.67. The Kier molecular flexibility index (Phi) is 3.33. The van der Waals surface area contributed by atoms with Crippen molar-refractivity contribution in [3.05, 3.63) is 34.8 Å². The third-order valence-electron chi connectivity index (χ3n) is 2.16. The monoisotopic (exact) mass is 235 g/mol. The van der Waals surface area contributed by atoms with E-state index in [1.165, 1.54) is 0 Å². The van der Waals surface area contributed by atoms with Gasteiger partial charge in [-0.2, -0.15) is 0 Å². The SMILES string of the molecule is CN(Cc1cscn1)c1cccc(NN)n1. The lowest BCUT2D eigenvalue weighted by atomic mass is 10.4. The van der Waals surface area contributed by atoms with Crippen molar-refractivity contribution in [3.63, 3.8) is 0 Å². The molecule has 0 aromatic carbocycles. The van der Waals surface area contributed by atoms with E-state index in [4.69, 9.17) is 5.84 Å². The van der Waals surface area contributed by atoms with Crippen LogP contribution >= 0.6 is 11.3 Å². The Morgan fingerprint density at radius 1 is 1.50 bits per heavy atom. The number of anilines is 2. The predicted octanol–water partition coefficient (Wildman–Crippen LogP) is 1.46. The van der Waals surface area contributed by atoms with E-state index in [-0.39, 0.29) is 0 Å². The summed E-state index contributed by atoms with van der Waals surface area (Å²) in [5, 5.41) is 2.03. The van der Waals surface area contributed by atoms with Crippen LogP contribution in [0.15, 0.2) is 29.1 Å². The number of thiazole rings is 1. The fourth-order valence-electron chi connectivity index (χ4n) is 1.36. The zero-order valence-corrected chi connectivity index (χ0v) is 9.74. The molecule has 0 bridgehead atoms. The molecule has 3 N–H and O–H groups in total. The second-order valence-corrected chi connectivity index (χ2v) is 4.08. The summed E-state index contributed by atoms with van der Waals surface area (Å²) in [5.41, 5.74) is 5.40. The molecule has 0 radical (unpaired) electrons. The van der Waals surface area contributed by atoms with Crippen LogP contribution < -0.4 is 16.2 Å². The Labute approximate surface area is 97.9 Å². The highest BCUT2D eigenvalue weighted by Gasteiger charge is 2.05. The van der Waals surface area contributed by atoms with Gasteiger partial charge in [-0.1, -0.05) is 6.07 Å². The van der Waals surface area contributed by atoms with Crippen LogP contribution in [0.25, 0.3) is 0 Å². The average molecular weight is 235 g/mol. The van der Waals surface area contributed by atoms with E-state index < -0.39 is 0 Å². The molecule has 6 heteroatoms. The first-order valence-corrected chi connectivity index (χ1v) is 5.76. The molecular formula is C10H13N5S. The van der Waals surface area contributed by atoms with E-state index in [1.54, 1.807) is 11.3 Å². The van der Waals surface area contributed by atoms with Crippen LogP contribution in [0.4, 0.5) is 11.6 Å². The summed E-state index contributed by atoms with van der Waals surface area (Å²) < 4.78 is 0. The lowest BCUT2D eigenvalue weighted by molar-refractivity contribution is 0.874. The number of rotatable bonds is 4. The van der Waals surface area contributed by atoms with E-state index in [2.05, 4.69) is 15.4 Å². The maximum absolute atomic E-state index is 5.31. The van der Waals surface area contributed by atoms with E-state index >= 15 is 0 Å². The highest BCUT2D eigenvalue weighted by atomic mass is 32.1. The van der Waals surface area contributed by atoms with Gasteiger partial charge in [-0.15, -0.1) is 11.3 Å². The van der Waals surface area contributed by atoms with Crippen LogP contribution in [0.2, 0.25) is 0 Å². The van der Waals surface area contributed by atoms with Crippen molar-refractivity contribution in [2.75, 3.05) is 17.4 Å². The number of hydrazine groups is 1. The molecule has 0 unspecified atom stereocenters. The van der Waals surface area contributed by atoms with Gasteiger partial charge in [0.25, 0.3) is 0 Å². The quantitative estimate of drug-likeness (QED) is 0.620. The lowest BCUT2D eigenvalue weighted by Gasteiger charge is -2.17. The molecule has 0 atom stereocenters. The van der Waals surface area contributed by atoms with Gasteiger partial charge < -0.3 is 10.3 Å². The van der Waals surface area contributed by atoms with Crippen LogP contribution in [0.3, 0.4) is 0 Å².